The van der Waals surface area contributed by atoms with E-state index in [1.54, 1.807) is 13.8 Å². The largest absolute Gasteiger partial charge is 0.478 e. The summed E-state index contributed by atoms with van der Waals surface area (Å²) in [6.07, 6.45) is 1.47. The number of rotatable bonds is 4. The van der Waals surface area contributed by atoms with Gasteiger partial charge in [-0.25, -0.2) is 9.59 Å². The van der Waals surface area contributed by atoms with Crippen molar-refractivity contribution in [2.45, 2.75) is 13.8 Å². The fraction of sp³-hybridized carbons (Fsp3) is 0.444. The highest BCUT2D eigenvalue weighted by atomic mass is 16.4. The molecule has 3 amide bonds. The summed E-state index contributed by atoms with van der Waals surface area (Å²) in [6.45, 7) is 4.53. The number of carbonyl (C=O) groups is 3. The number of aliphatic carboxylic acids is 1. The minimum Gasteiger partial charge on any atom is -0.478 e. The normalized spacial score (nSPS) is 10.0. The summed E-state index contributed by atoms with van der Waals surface area (Å²) in [4.78, 5) is 33.7. The summed E-state index contributed by atoms with van der Waals surface area (Å²) in [7, 11) is 0. The Labute approximate surface area is 87.6 Å². The Morgan fingerprint density at radius 1 is 1.20 bits per heavy atom. The van der Waals surface area contributed by atoms with Gasteiger partial charge in [0.2, 0.25) is 0 Å². The van der Waals surface area contributed by atoms with Crippen molar-refractivity contribution >= 4 is 17.9 Å². The van der Waals surface area contributed by atoms with Crippen LogP contribution >= 0.6 is 0 Å². The van der Waals surface area contributed by atoms with Crippen LogP contribution in [-0.2, 0) is 9.59 Å². The van der Waals surface area contributed by atoms with Crippen LogP contribution in [0.3, 0.4) is 0 Å². The lowest BCUT2D eigenvalue weighted by Crippen LogP contribution is -2.42. The molecule has 0 aromatic rings. The van der Waals surface area contributed by atoms with Gasteiger partial charge >= 0.3 is 12.0 Å². The van der Waals surface area contributed by atoms with Gasteiger partial charge < -0.3 is 10.0 Å². The summed E-state index contributed by atoms with van der Waals surface area (Å²) in [5, 5.41) is 10.3. The molecule has 0 bridgehead atoms. The Morgan fingerprint density at radius 2 is 1.73 bits per heavy atom. The van der Waals surface area contributed by atoms with Crippen LogP contribution in [0, 0.1) is 0 Å². The van der Waals surface area contributed by atoms with Gasteiger partial charge in [-0.15, -0.1) is 0 Å². The van der Waals surface area contributed by atoms with E-state index in [1.807, 2.05) is 5.32 Å². The van der Waals surface area contributed by atoms with Crippen LogP contribution in [0.25, 0.3) is 0 Å². The van der Waals surface area contributed by atoms with Gasteiger partial charge in [-0.2, -0.15) is 0 Å². The monoisotopic (exact) mass is 214 g/mol. The maximum atomic E-state index is 11.3. The average molecular weight is 214 g/mol. The van der Waals surface area contributed by atoms with E-state index in [0.29, 0.717) is 19.2 Å². The molecule has 0 aliphatic heterocycles. The third-order valence-corrected chi connectivity index (χ3v) is 1.66. The first-order valence-electron chi connectivity index (χ1n) is 4.52. The SMILES string of the molecule is CCN(CC)C(=O)NC(=O)C=CC(=O)O. The van der Waals surface area contributed by atoms with Crippen LogP contribution in [0.15, 0.2) is 12.2 Å². The molecule has 0 radical (unpaired) electrons. The van der Waals surface area contributed by atoms with Crippen molar-refractivity contribution in [2.24, 2.45) is 0 Å². The number of carboxylic acid groups (broad SMARTS) is 1. The summed E-state index contributed by atoms with van der Waals surface area (Å²) < 4.78 is 0. The highest BCUT2D eigenvalue weighted by molar-refractivity contribution is 6.02. The third kappa shape index (κ3) is 5.45. The quantitative estimate of drug-likeness (QED) is 0.655. The topological polar surface area (TPSA) is 86.7 Å². The number of carboxylic acids is 1. The second kappa shape index (κ2) is 6.58. The number of amides is 3. The lowest BCUT2D eigenvalue weighted by atomic mass is 10.4. The average Bonchev–Trinajstić information content (AvgIpc) is 2.16. The van der Waals surface area contributed by atoms with Crippen molar-refractivity contribution in [1.29, 1.82) is 0 Å². The van der Waals surface area contributed by atoms with Crippen molar-refractivity contribution in [3.63, 3.8) is 0 Å². The van der Waals surface area contributed by atoms with Gasteiger partial charge in [-0.05, 0) is 13.8 Å². The zero-order valence-corrected chi connectivity index (χ0v) is 8.69. The number of urea groups is 1. The fourth-order valence-electron chi connectivity index (χ4n) is 0.884. The minimum atomic E-state index is -1.24. The molecule has 0 fully saturated rings. The Bertz CT molecular complexity index is 282. The molecule has 0 spiro atoms. The van der Waals surface area contributed by atoms with E-state index in [1.165, 1.54) is 4.90 Å². The van der Waals surface area contributed by atoms with Crippen LogP contribution in [0.1, 0.15) is 13.8 Å². The van der Waals surface area contributed by atoms with Gasteiger partial charge in [0.25, 0.3) is 5.91 Å². The number of hydrogen-bond donors (Lipinski definition) is 2. The van der Waals surface area contributed by atoms with Crippen LogP contribution in [0.5, 0.6) is 0 Å². The Balaban J connectivity index is 4.17. The van der Waals surface area contributed by atoms with E-state index in [9.17, 15) is 14.4 Å². The van der Waals surface area contributed by atoms with Gasteiger partial charge in [0.15, 0.2) is 0 Å². The number of nitrogens with zero attached hydrogens (tertiary/aromatic N) is 1. The van der Waals surface area contributed by atoms with Gasteiger partial charge in [-0.1, -0.05) is 0 Å². The molecule has 6 nitrogen and oxygen atoms in total. The molecular weight excluding hydrogens is 200 g/mol. The molecule has 0 saturated carbocycles. The van der Waals surface area contributed by atoms with Crippen LogP contribution in [0.4, 0.5) is 4.79 Å². The van der Waals surface area contributed by atoms with Crippen molar-refractivity contribution in [1.82, 2.24) is 10.2 Å². The highest BCUT2D eigenvalue weighted by Crippen LogP contribution is 1.88. The summed E-state index contributed by atoms with van der Waals surface area (Å²) in [5.41, 5.74) is 0. The zero-order valence-electron chi connectivity index (χ0n) is 8.69. The van der Waals surface area contributed by atoms with Gasteiger partial charge in [0.1, 0.15) is 0 Å². The first-order valence-corrected chi connectivity index (χ1v) is 4.52. The maximum absolute atomic E-state index is 11.3. The highest BCUT2D eigenvalue weighted by Gasteiger charge is 2.10. The van der Waals surface area contributed by atoms with Crippen molar-refractivity contribution in [3.05, 3.63) is 12.2 Å². The van der Waals surface area contributed by atoms with E-state index in [-0.39, 0.29) is 0 Å². The molecule has 0 aliphatic carbocycles. The zero-order chi connectivity index (χ0) is 11.8. The van der Waals surface area contributed by atoms with Crippen molar-refractivity contribution in [2.75, 3.05) is 13.1 Å². The van der Waals surface area contributed by atoms with Gasteiger partial charge in [0.05, 0.1) is 0 Å². The van der Waals surface area contributed by atoms with Crippen molar-refractivity contribution < 1.29 is 19.5 Å². The first-order chi connectivity index (χ1) is 7.01. The standard InChI is InChI=1S/C9H14N2O4/c1-3-11(4-2)9(15)10-7(12)5-6-8(13)14/h5-6H,3-4H2,1-2H3,(H,13,14)(H,10,12,15). The number of nitrogens with one attached hydrogen (secondary N) is 1. The third-order valence-electron chi connectivity index (χ3n) is 1.66. The lowest BCUT2D eigenvalue weighted by molar-refractivity contribution is -0.131. The molecule has 0 unspecified atom stereocenters. The molecule has 0 heterocycles. The molecule has 15 heavy (non-hydrogen) atoms. The van der Waals surface area contributed by atoms with Crippen molar-refractivity contribution in [3.8, 4) is 0 Å². The molecule has 0 saturated heterocycles. The van der Waals surface area contributed by atoms with E-state index >= 15 is 0 Å². The second-order valence-electron chi connectivity index (χ2n) is 2.64. The molecule has 84 valence electrons. The smallest absolute Gasteiger partial charge is 0.328 e. The maximum Gasteiger partial charge on any atom is 0.328 e. The molecule has 0 aromatic carbocycles. The molecular formula is C9H14N2O4. The predicted octanol–water partition coefficient (Wildman–Crippen LogP) is 0.205. The Kier molecular flexibility index (Phi) is 5.77. The van der Waals surface area contributed by atoms with Gasteiger partial charge in [-0.3, -0.25) is 10.1 Å². The molecule has 0 aromatic heterocycles. The molecule has 2 N–H and O–H groups in total. The van der Waals surface area contributed by atoms with Crippen LogP contribution < -0.4 is 5.32 Å². The summed E-state index contributed by atoms with van der Waals surface area (Å²) in [5.74, 6) is -1.98. The Hall–Kier alpha value is -1.85. The van der Waals surface area contributed by atoms with Gasteiger partial charge in [0, 0.05) is 25.2 Å². The fourth-order valence-corrected chi connectivity index (χ4v) is 0.884. The predicted molar refractivity (Wildman–Crippen MR) is 53.2 cm³/mol. The molecule has 0 atom stereocenters. The molecule has 0 aliphatic rings. The van der Waals surface area contributed by atoms with E-state index in [4.69, 9.17) is 5.11 Å². The number of hydrogen-bond acceptors (Lipinski definition) is 3. The molecule has 0 rings (SSSR count). The molecule has 6 heteroatoms. The second-order valence-corrected chi connectivity index (χ2v) is 2.64. The van der Waals surface area contributed by atoms with E-state index < -0.39 is 17.9 Å². The van der Waals surface area contributed by atoms with Crippen LogP contribution in [-0.4, -0.2) is 41.0 Å². The summed E-state index contributed by atoms with van der Waals surface area (Å²) in [6, 6.07) is -0.528. The Morgan fingerprint density at radius 3 is 2.13 bits per heavy atom. The number of imide groups is 1. The first kappa shape index (κ1) is 13.2. The minimum absolute atomic E-state index is 0.484. The van der Waals surface area contributed by atoms with E-state index in [2.05, 4.69) is 0 Å². The summed E-state index contributed by atoms with van der Waals surface area (Å²) >= 11 is 0. The lowest BCUT2D eigenvalue weighted by Gasteiger charge is -2.17. The van der Waals surface area contributed by atoms with E-state index in [0.717, 1.165) is 6.08 Å². The number of carbonyl (C=O) groups excluding carboxylic acids is 2. The van der Waals surface area contributed by atoms with Crippen LogP contribution in [0.2, 0.25) is 0 Å².